The van der Waals surface area contributed by atoms with E-state index in [0.29, 0.717) is 40.6 Å². The van der Waals surface area contributed by atoms with E-state index in [0.717, 1.165) is 22.3 Å². The van der Waals surface area contributed by atoms with E-state index < -0.39 is 4.92 Å². The van der Waals surface area contributed by atoms with Gasteiger partial charge in [-0.25, -0.2) is 9.38 Å². The molecule has 10 heteroatoms. The number of nitrogens with zero attached hydrogens (tertiary/aromatic N) is 3. The molecule has 0 N–H and O–H groups in total. The van der Waals surface area contributed by atoms with E-state index >= 15 is 0 Å². The Morgan fingerprint density at radius 3 is 2.49 bits per heavy atom. The van der Waals surface area contributed by atoms with Crippen LogP contribution in [0.4, 0.5) is 5.69 Å². The SMILES string of the molecule is Cc1ccccc1OCCOCCOc1ccc([N+](=O)[O-])cc1/C=c1/sc2nc3ccccc3n2c1=O. The summed E-state index contributed by atoms with van der Waals surface area (Å²) in [5, 5.41) is 11.4. The zero-order valence-corrected chi connectivity index (χ0v) is 20.8. The van der Waals surface area contributed by atoms with Crippen LogP contribution >= 0.6 is 11.3 Å². The molecule has 0 fully saturated rings. The minimum atomic E-state index is -0.481. The number of hydrogen-bond acceptors (Lipinski definition) is 8. The van der Waals surface area contributed by atoms with Crippen LogP contribution < -0.4 is 19.6 Å². The quantitative estimate of drug-likeness (QED) is 0.156. The van der Waals surface area contributed by atoms with E-state index in [2.05, 4.69) is 4.98 Å². The number of ether oxygens (including phenoxy) is 3. The van der Waals surface area contributed by atoms with E-state index in [1.54, 1.807) is 10.5 Å². The van der Waals surface area contributed by atoms with Gasteiger partial charge in [0.15, 0.2) is 4.96 Å². The lowest BCUT2D eigenvalue weighted by Gasteiger charge is -2.11. The van der Waals surface area contributed by atoms with Crippen LogP contribution in [0.3, 0.4) is 0 Å². The van der Waals surface area contributed by atoms with Gasteiger partial charge in [0.1, 0.15) is 24.7 Å². The van der Waals surface area contributed by atoms with Crippen LogP contribution in [0.5, 0.6) is 11.5 Å². The fourth-order valence-corrected chi connectivity index (χ4v) is 4.87. The van der Waals surface area contributed by atoms with E-state index in [1.165, 1.54) is 29.5 Å². The van der Waals surface area contributed by atoms with Crippen LogP contribution in [0.1, 0.15) is 11.1 Å². The maximum Gasteiger partial charge on any atom is 0.274 e. The van der Waals surface area contributed by atoms with E-state index in [4.69, 9.17) is 14.2 Å². The Balaban J connectivity index is 1.29. The molecular formula is C27H23N3O6S. The Hall–Kier alpha value is -4.28. The molecule has 0 amide bonds. The van der Waals surface area contributed by atoms with Crippen molar-refractivity contribution in [1.82, 2.24) is 9.38 Å². The third kappa shape index (κ3) is 5.30. The largest absolute Gasteiger partial charge is 0.491 e. The summed E-state index contributed by atoms with van der Waals surface area (Å²) in [7, 11) is 0. The summed E-state index contributed by atoms with van der Waals surface area (Å²) in [5.41, 5.74) is 2.62. The fourth-order valence-electron chi connectivity index (χ4n) is 3.89. The van der Waals surface area contributed by atoms with Gasteiger partial charge in [0.2, 0.25) is 0 Å². The number of hydrogen-bond donors (Lipinski definition) is 0. The van der Waals surface area contributed by atoms with Gasteiger partial charge in [-0.2, -0.15) is 0 Å². The van der Waals surface area contributed by atoms with Crippen LogP contribution in [0.15, 0.2) is 71.5 Å². The van der Waals surface area contributed by atoms with Gasteiger partial charge in [-0.05, 0) is 42.8 Å². The molecule has 0 radical (unpaired) electrons. The van der Waals surface area contributed by atoms with Gasteiger partial charge in [-0.15, -0.1) is 0 Å². The average Bonchev–Trinajstić information content (AvgIpc) is 3.40. The van der Waals surface area contributed by atoms with Crippen molar-refractivity contribution in [2.75, 3.05) is 26.4 Å². The maximum atomic E-state index is 13.1. The summed E-state index contributed by atoms with van der Waals surface area (Å²) in [4.78, 5) is 29.1. The summed E-state index contributed by atoms with van der Waals surface area (Å²) in [6.07, 6.45) is 1.61. The first-order valence-electron chi connectivity index (χ1n) is 11.6. The van der Waals surface area contributed by atoms with Crippen LogP contribution in [0, 0.1) is 17.0 Å². The maximum absolute atomic E-state index is 13.1. The smallest absolute Gasteiger partial charge is 0.274 e. The molecule has 188 valence electrons. The lowest BCUT2D eigenvalue weighted by atomic mass is 10.1. The monoisotopic (exact) mass is 517 g/mol. The second-order valence-electron chi connectivity index (χ2n) is 8.19. The first-order valence-corrected chi connectivity index (χ1v) is 12.4. The lowest BCUT2D eigenvalue weighted by molar-refractivity contribution is -0.384. The third-order valence-electron chi connectivity index (χ3n) is 5.70. The molecule has 0 atom stereocenters. The third-order valence-corrected chi connectivity index (χ3v) is 6.67. The molecule has 5 rings (SSSR count). The Kier molecular flexibility index (Phi) is 7.11. The molecule has 0 aliphatic carbocycles. The zero-order valence-electron chi connectivity index (χ0n) is 20.0. The van der Waals surface area contributed by atoms with E-state index in [-0.39, 0.29) is 17.9 Å². The Morgan fingerprint density at radius 1 is 0.973 bits per heavy atom. The van der Waals surface area contributed by atoms with Gasteiger partial charge in [0, 0.05) is 17.7 Å². The molecule has 2 heterocycles. The van der Waals surface area contributed by atoms with Crippen molar-refractivity contribution in [3.05, 3.63) is 103 Å². The average molecular weight is 518 g/mol. The molecule has 37 heavy (non-hydrogen) atoms. The number of non-ortho nitro benzene ring substituents is 1. The molecule has 0 aliphatic heterocycles. The van der Waals surface area contributed by atoms with Crippen molar-refractivity contribution in [3.63, 3.8) is 0 Å². The predicted molar refractivity (Wildman–Crippen MR) is 142 cm³/mol. The van der Waals surface area contributed by atoms with Gasteiger partial charge in [0.05, 0.1) is 33.7 Å². The summed E-state index contributed by atoms with van der Waals surface area (Å²) < 4.78 is 19.1. The predicted octanol–water partition coefficient (Wildman–Crippen LogP) is 4.15. The van der Waals surface area contributed by atoms with Crippen molar-refractivity contribution >= 4 is 39.1 Å². The Bertz CT molecular complexity index is 1690. The molecule has 0 saturated carbocycles. The molecule has 9 nitrogen and oxygen atoms in total. The molecule has 5 aromatic rings. The molecular weight excluding hydrogens is 494 g/mol. The van der Waals surface area contributed by atoms with E-state index in [9.17, 15) is 14.9 Å². The first-order chi connectivity index (χ1) is 18.0. The fraction of sp³-hybridized carbons (Fsp3) is 0.185. The highest BCUT2D eigenvalue weighted by Gasteiger charge is 2.14. The summed E-state index contributed by atoms with van der Waals surface area (Å²) in [6.45, 7) is 3.31. The highest BCUT2D eigenvalue weighted by molar-refractivity contribution is 7.15. The number of thiazole rings is 1. The zero-order chi connectivity index (χ0) is 25.8. The highest BCUT2D eigenvalue weighted by atomic mass is 32.1. The van der Waals surface area contributed by atoms with Crippen molar-refractivity contribution in [1.29, 1.82) is 0 Å². The van der Waals surface area contributed by atoms with Crippen molar-refractivity contribution in [2.24, 2.45) is 0 Å². The molecule has 0 saturated heterocycles. The number of nitro groups is 1. The number of benzene rings is 3. The van der Waals surface area contributed by atoms with Crippen LogP contribution in [-0.4, -0.2) is 40.7 Å². The van der Waals surface area contributed by atoms with Crippen LogP contribution in [0.2, 0.25) is 0 Å². The Labute approximate surface area is 215 Å². The standard InChI is InChI=1S/C27H23N3O6S/c1-18-6-2-5-9-23(18)35-14-12-34-13-15-36-24-11-10-20(30(32)33)16-19(24)17-25-26(31)29-22-8-4-3-7-21(22)28-27(29)37-25/h2-11,16-17H,12-15H2,1H3/b25-17+. The number of nitro benzene ring substituents is 1. The number of aromatic nitrogens is 2. The minimum absolute atomic E-state index is 0.0950. The normalized spacial score (nSPS) is 11.9. The molecule has 0 unspecified atom stereocenters. The molecule has 3 aromatic carbocycles. The lowest BCUT2D eigenvalue weighted by Crippen LogP contribution is -2.22. The molecule has 2 aromatic heterocycles. The number of fused-ring (bicyclic) bond motifs is 3. The van der Waals surface area contributed by atoms with Crippen LogP contribution in [-0.2, 0) is 4.74 Å². The van der Waals surface area contributed by atoms with Gasteiger partial charge < -0.3 is 14.2 Å². The van der Waals surface area contributed by atoms with Gasteiger partial charge in [0.25, 0.3) is 11.2 Å². The highest BCUT2D eigenvalue weighted by Crippen LogP contribution is 2.25. The summed E-state index contributed by atoms with van der Waals surface area (Å²) in [6, 6.07) is 19.5. The molecule has 0 aliphatic rings. The topological polar surface area (TPSA) is 105 Å². The van der Waals surface area contributed by atoms with Crippen molar-refractivity contribution in [3.8, 4) is 11.5 Å². The number of aryl methyl sites for hydroxylation is 1. The van der Waals surface area contributed by atoms with Gasteiger partial charge in [-0.3, -0.25) is 14.9 Å². The second kappa shape index (κ2) is 10.8. The second-order valence-corrected chi connectivity index (χ2v) is 9.20. The number of rotatable bonds is 10. The Morgan fingerprint density at radius 2 is 1.70 bits per heavy atom. The van der Waals surface area contributed by atoms with Gasteiger partial charge in [-0.1, -0.05) is 41.7 Å². The van der Waals surface area contributed by atoms with Crippen molar-refractivity contribution in [2.45, 2.75) is 6.92 Å². The number of imidazole rings is 1. The van der Waals surface area contributed by atoms with Gasteiger partial charge >= 0.3 is 0 Å². The molecule has 0 spiro atoms. The van der Waals surface area contributed by atoms with Crippen molar-refractivity contribution < 1.29 is 19.1 Å². The minimum Gasteiger partial charge on any atom is -0.491 e. The van der Waals surface area contributed by atoms with E-state index in [1.807, 2.05) is 55.5 Å². The first kappa shape index (κ1) is 24.4. The number of para-hydroxylation sites is 3. The summed E-state index contributed by atoms with van der Waals surface area (Å²) in [5.74, 6) is 1.24. The van der Waals surface area contributed by atoms with Crippen LogP contribution in [0.25, 0.3) is 22.1 Å². The molecule has 0 bridgehead atoms. The summed E-state index contributed by atoms with van der Waals surface area (Å²) >= 11 is 1.22.